The SMILES string of the molecule is CCNC(=O)C[NH+](CC)CC(=O)Nc1ccc(C(=O)NC)cc1. The van der Waals surface area contributed by atoms with Gasteiger partial charge in [-0.05, 0) is 38.1 Å². The van der Waals surface area contributed by atoms with Crippen LogP contribution in [0.4, 0.5) is 5.69 Å². The number of hydrogen-bond acceptors (Lipinski definition) is 3. The van der Waals surface area contributed by atoms with E-state index in [0.29, 0.717) is 24.3 Å². The lowest BCUT2D eigenvalue weighted by atomic mass is 10.2. The van der Waals surface area contributed by atoms with Crippen LogP contribution in [0.5, 0.6) is 0 Å². The van der Waals surface area contributed by atoms with E-state index in [-0.39, 0.29) is 30.8 Å². The average molecular weight is 321 g/mol. The lowest BCUT2D eigenvalue weighted by molar-refractivity contribution is -0.881. The molecule has 0 aliphatic rings. The van der Waals surface area contributed by atoms with Gasteiger partial charge in [-0.3, -0.25) is 14.4 Å². The highest BCUT2D eigenvalue weighted by Crippen LogP contribution is 2.09. The molecule has 1 aromatic rings. The number of rotatable bonds is 8. The zero-order valence-corrected chi connectivity index (χ0v) is 13.9. The molecule has 0 saturated carbocycles. The predicted molar refractivity (Wildman–Crippen MR) is 88.4 cm³/mol. The fraction of sp³-hybridized carbons (Fsp3) is 0.438. The van der Waals surface area contributed by atoms with Crippen molar-refractivity contribution < 1.29 is 19.3 Å². The van der Waals surface area contributed by atoms with Gasteiger partial charge < -0.3 is 20.9 Å². The Morgan fingerprint density at radius 1 is 1.00 bits per heavy atom. The van der Waals surface area contributed by atoms with Gasteiger partial charge in [-0.1, -0.05) is 0 Å². The number of benzene rings is 1. The van der Waals surface area contributed by atoms with Gasteiger partial charge in [0.05, 0.1) is 6.54 Å². The predicted octanol–water partition coefficient (Wildman–Crippen LogP) is -0.974. The number of hydrogen-bond donors (Lipinski definition) is 4. The maximum atomic E-state index is 12.1. The summed E-state index contributed by atoms with van der Waals surface area (Å²) in [7, 11) is 1.56. The van der Waals surface area contributed by atoms with E-state index in [1.807, 2.05) is 13.8 Å². The van der Waals surface area contributed by atoms with Crippen molar-refractivity contribution in [1.82, 2.24) is 10.6 Å². The molecule has 0 heterocycles. The van der Waals surface area contributed by atoms with Crippen molar-refractivity contribution in [3.8, 4) is 0 Å². The fourth-order valence-corrected chi connectivity index (χ4v) is 2.08. The van der Waals surface area contributed by atoms with E-state index in [2.05, 4.69) is 16.0 Å². The zero-order valence-electron chi connectivity index (χ0n) is 13.9. The number of anilines is 1. The topological polar surface area (TPSA) is 91.7 Å². The van der Waals surface area contributed by atoms with Crippen LogP contribution >= 0.6 is 0 Å². The first-order valence-electron chi connectivity index (χ1n) is 7.72. The van der Waals surface area contributed by atoms with Gasteiger partial charge in [-0.2, -0.15) is 0 Å². The second-order valence-electron chi connectivity index (χ2n) is 5.12. The van der Waals surface area contributed by atoms with E-state index < -0.39 is 0 Å². The zero-order chi connectivity index (χ0) is 17.2. The molecular weight excluding hydrogens is 296 g/mol. The molecule has 7 nitrogen and oxygen atoms in total. The van der Waals surface area contributed by atoms with E-state index in [1.54, 1.807) is 31.3 Å². The monoisotopic (exact) mass is 321 g/mol. The van der Waals surface area contributed by atoms with Crippen LogP contribution in [0.2, 0.25) is 0 Å². The van der Waals surface area contributed by atoms with Crippen LogP contribution in [0.15, 0.2) is 24.3 Å². The second-order valence-corrected chi connectivity index (χ2v) is 5.12. The summed E-state index contributed by atoms with van der Waals surface area (Å²) in [6, 6.07) is 6.65. The standard InChI is InChI=1S/C16H24N4O3/c1-4-18-14(21)10-20(5-2)11-15(22)19-13-8-6-12(7-9-13)16(23)17-3/h6-9H,4-5,10-11H2,1-3H3,(H,17,23)(H,18,21)(H,19,22)/p+1. The quantitative estimate of drug-likeness (QED) is 0.496. The third kappa shape index (κ3) is 6.48. The maximum absolute atomic E-state index is 12.1. The van der Waals surface area contributed by atoms with Crippen molar-refractivity contribution in [3.05, 3.63) is 29.8 Å². The molecule has 0 spiro atoms. The normalized spacial score (nSPS) is 11.4. The summed E-state index contributed by atoms with van der Waals surface area (Å²) in [5.74, 6) is -0.405. The fourth-order valence-electron chi connectivity index (χ4n) is 2.08. The molecular formula is C16H25N4O3+. The van der Waals surface area contributed by atoms with Crippen LogP contribution in [-0.2, 0) is 9.59 Å². The van der Waals surface area contributed by atoms with Gasteiger partial charge in [0.25, 0.3) is 17.7 Å². The Morgan fingerprint density at radius 2 is 1.61 bits per heavy atom. The smallest absolute Gasteiger partial charge is 0.279 e. The highest BCUT2D eigenvalue weighted by atomic mass is 16.2. The molecule has 0 aromatic heterocycles. The Bertz CT molecular complexity index is 543. The molecule has 0 fully saturated rings. The van der Waals surface area contributed by atoms with E-state index in [9.17, 15) is 14.4 Å². The second kappa shape index (κ2) is 9.58. The van der Waals surface area contributed by atoms with Crippen molar-refractivity contribution in [2.45, 2.75) is 13.8 Å². The third-order valence-electron chi connectivity index (χ3n) is 3.35. The van der Waals surface area contributed by atoms with Crippen molar-refractivity contribution in [2.75, 3.05) is 38.5 Å². The van der Waals surface area contributed by atoms with Gasteiger partial charge in [0.2, 0.25) is 0 Å². The summed E-state index contributed by atoms with van der Waals surface area (Å²) in [5, 5.41) is 8.04. The molecule has 0 aliphatic heterocycles. The van der Waals surface area contributed by atoms with Crippen LogP contribution in [-0.4, -0.2) is 50.9 Å². The molecule has 1 unspecified atom stereocenters. The van der Waals surface area contributed by atoms with Gasteiger partial charge in [0.15, 0.2) is 13.1 Å². The van der Waals surface area contributed by atoms with E-state index in [4.69, 9.17) is 0 Å². The summed E-state index contributed by atoms with van der Waals surface area (Å²) in [6.07, 6.45) is 0. The first kappa shape index (κ1) is 18.6. The van der Waals surface area contributed by atoms with Crippen molar-refractivity contribution >= 4 is 23.4 Å². The molecule has 0 aliphatic carbocycles. The lowest BCUT2D eigenvalue weighted by Gasteiger charge is -2.16. The molecule has 23 heavy (non-hydrogen) atoms. The number of amides is 3. The van der Waals surface area contributed by atoms with Crippen molar-refractivity contribution in [3.63, 3.8) is 0 Å². The molecule has 0 radical (unpaired) electrons. The summed E-state index contributed by atoms with van der Waals surface area (Å²) in [5.41, 5.74) is 1.15. The minimum absolute atomic E-state index is 0.0629. The largest absolute Gasteiger partial charge is 0.355 e. The Morgan fingerprint density at radius 3 is 2.13 bits per heavy atom. The Hall–Kier alpha value is -2.41. The summed E-state index contributed by atoms with van der Waals surface area (Å²) < 4.78 is 0. The summed E-state index contributed by atoms with van der Waals surface area (Å²) in [4.78, 5) is 36.0. The molecule has 3 amide bonds. The first-order valence-corrected chi connectivity index (χ1v) is 7.72. The summed E-state index contributed by atoms with van der Waals surface area (Å²) >= 11 is 0. The van der Waals surface area contributed by atoms with Crippen LogP contribution in [0.3, 0.4) is 0 Å². The van der Waals surface area contributed by atoms with Gasteiger partial charge >= 0.3 is 0 Å². The van der Waals surface area contributed by atoms with Crippen LogP contribution in [0.25, 0.3) is 0 Å². The van der Waals surface area contributed by atoms with Crippen molar-refractivity contribution in [1.29, 1.82) is 0 Å². The molecule has 0 bridgehead atoms. The molecule has 1 aromatic carbocycles. The minimum Gasteiger partial charge on any atom is -0.355 e. The molecule has 1 rings (SSSR count). The minimum atomic E-state index is -0.175. The van der Waals surface area contributed by atoms with Crippen molar-refractivity contribution in [2.24, 2.45) is 0 Å². The molecule has 126 valence electrons. The Labute approximate surface area is 136 Å². The van der Waals surface area contributed by atoms with Gasteiger partial charge in [-0.15, -0.1) is 0 Å². The number of likely N-dealkylation sites (N-methyl/N-ethyl adjacent to an activating group) is 2. The first-order chi connectivity index (χ1) is 11.0. The molecule has 1 atom stereocenters. The van der Waals surface area contributed by atoms with Gasteiger partial charge in [-0.25, -0.2) is 0 Å². The van der Waals surface area contributed by atoms with Gasteiger partial charge in [0, 0.05) is 24.8 Å². The van der Waals surface area contributed by atoms with Crippen LogP contribution in [0, 0.1) is 0 Å². The van der Waals surface area contributed by atoms with Crippen LogP contribution < -0.4 is 20.9 Å². The summed E-state index contributed by atoms with van der Waals surface area (Å²) in [6.45, 7) is 5.54. The highest BCUT2D eigenvalue weighted by molar-refractivity contribution is 5.95. The van der Waals surface area contributed by atoms with E-state index in [1.165, 1.54) is 0 Å². The molecule has 7 heteroatoms. The number of quaternary nitrogens is 1. The number of carbonyl (C=O) groups is 3. The van der Waals surface area contributed by atoms with Crippen LogP contribution in [0.1, 0.15) is 24.2 Å². The number of nitrogens with one attached hydrogen (secondary N) is 4. The third-order valence-corrected chi connectivity index (χ3v) is 3.35. The molecule has 0 saturated heterocycles. The lowest BCUT2D eigenvalue weighted by Crippen LogP contribution is -3.14. The number of carbonyl (C=O) groups excluding carboxylic acids is 3. The maximum Gasteiger partial charge on any atom is 0.279 e. The van der Waals surface area contributed by atoms with Gasteiger partial charge in [0.1, 0.15) is 0 Å². The van der Waals surface area contributed by atoms with E-state index >= 15 is 0 Å². The highest BCUT2D eigenvalue weighted by Gasteiger charge is 2.16. The average Bonchev–Trinajstić information content (AvgIpc) is 2.54. The Kier molecular flexibility index (Phi) is 7.76. The molecule has 4 N–H and O–H groups in total. The van der Waals surface area contributed by atoms with E-state index in [0.717, 1.165) is 4.90 Å². The Balaban J connectivity index is 2.54.